The normalized spacial score (nSPS) is 13.6. The van der Waals surface area contributed by atoms with Gasteiger partial charge in [-0.1, -0.05) is 13.3 Å². The molecule has 0 radical (unpaired) electrons. The fourth-order valence-corrected chi connectivity index (χ4v) is 1.88. The van der Waals surface area contributed by atoms with Gasteiger partial charge in [0.2, 0.25) is 5.91 Å². The Morgan fingerprint density at radius 1 is 1.47 bits per heavy atom. The third-order valence-corrected chi connectivity index (χ3v) is 2.84. The second-order valence-corrected chi connectivity index (χ2v) is 4.53. The number of nitrogens with zero attached hydrogens (tertiary/aromatic N) is 3. The molecular weight excluding hydrogens is 248 g/mol. The zero-order valence-corrected chi connectivity index (χ0v) is 11.5. The van der Waals surface area contributed by atoms with Gasteiger partial charge in [0.15, 0.2) is 0 Å². The molecule has 7 heteroatoms. The van der Waals surface area contributed by atoms with Crippen molar-refractivity contribution in [2.24, 2.45) is 0 Å². The van der Waals surface area contributed by atoms with E-state index < -0.39 is 11.5 Å². The van der Waals surface area contributed by atoms with Gasteiger partial charge < -0.3 is 10.1 Å². The molecule has 0 fully saturated rings. The lowest BCUT2D eigenvalue weighted by Gasteiger charge is -2.27. The van der Waals surface area contributed by atoms with Crippen LogP contribution in [0.3, 0.4) is 0 Å². The van der Waals surface area contributed by atoms with Gasteiger partial charge in [-0.25, -0.2) is 9.78 Å². The largest absolute Gasteiger partial charge is 0.467 e. The van der Waals surface area contributed by atoms with E-state index in [0.717, 1.165) is 6.42 Å². The minimum absolute atomic E-state index is 0.211. The van der Waals surface area contributed by atoms with Crippen LogP contribution in [0.1, 0.15) is 33.1 Å². The topological polar surface area (TPSA) is 86.1 Å². The van der Waals surface area contributed by atoms with E-state index in [0.29, 0.717) is 13.0 Å². The predicted molar refractivity (Wildman–Crippen MR) is 68.1 cm³/mol. The first-order chi connectivity index (χ1) is 9.01. The first-order valence-corrected chi connectivity index (χ1v) is 6.23. The summed E-state index contributed by atoms with van der Waals surface area (Å²) in [5.41, 5.74) is -0.969. The zero-order chi connectivity index (χ0) is 14.3. The van der Waals surface area contributed by atoms with Gasteiger partial charge in [0.05, 0.1) is 13.7 Å². The summed E-state index contributed by atoms with van der Waals surface area (Å²) in [6.07, 6.45) is 4.50. The van der Waals surface area contributed by atoms with Crippen molar-refractivity contribution in [3.63, 3.8) is 0 Å². The molecule has 19 heavy (non-hydrogen) atoms. The van der Waals surface area contributed by atoms with Crippen molar-refractivity contribution in [3.8, 4) is 0 Å². The summed E-state index contributed by atoms with van der Waals surface area (Å²) >= 11 is 0. The van der Waals surface area contributed by atoms with Gasteiger partial charge in [-0.2, -0.15) is 5.10 Å². The molecule has 7 nitrogen and oxygen atoms in total. The van der Waals surface area contributed by atoms with E-state index >= 15 is 0 Å². The molecule has 1 aromatic heterocycles. The van der Waals surface area contributed by atoms with Gasteiger partial charge in [0.25, 0.3) is 0 Å². The number of esters is 1. The smallest absolute Gasteiger partial charge is 0.331 e. The monoisotopic (exact) mass is 268 g/mol. The summed E-state index contributed by atoms with van der Waals surface area (Å²) in [7, 11) is 1.32. The average Bonchev–Trinajstić information content (AvgIpc) is 2.88. The molecule has 1 heterocycles. The summed E-state index contributed by atoms with van der Waals surface area (Å²) in [4.78, 5) is 27.4. The van der Waals surface area contributed by atoms with Crippen LogP contribution in [0, 0.1) is 0 Å². The van der Waals surface area contributed by atoms with Crippen LogP contribution in [0.2, 0.25) is 0 Å². The number of nitrogens with one attached hydrogen (secondary N) is 1. The van der Waals surface area contributed by atoms with Crippen molar-refractivity contribution in [1.82, 2.24) is 20.1 Å². The van der Waals surface area contributed by atoms with Gasteiger partial charge in [0, 0.05) is 6.42 Å². The highest BCUT2D eigenvalue weighted by Gasteiger charge is 2.34. The molecule has 0 aliphatic heterocycles. The molecule has 0 spiro atoms. The van der Waals surface area contributed by atoms with Crippen molar-refractivity contribution in [2.45, 2.75) is 45.2 Å². The van der Waals surface area contributed by atoms with E-state index in [1.165, 1.54) is 13.4 Å². The van der Waals surface area contributed by atoms with E-state index in [2.05, 4.69) is 15.4 Å². The third-order valence-electron chi connectivity index (χ3n) is 2.84. The number of amides is 1. The maximum absolute atomic E-state index is 11.9. The summed E-state index contributed by atoms with van der Waals surface area (Å²) in [5, 5.41) is 6.64. The Hall–Kier alpha value is -1.92. The van der Waals surface area contributed by atoms with E-state index in [9.17, 15) is 9.59 Å². The average molecular weight is 268 g/mol. The minimum Gasteiger partial charge on any atom is -0.467 e. The Kier molecular flexibility index (Phi) is 5.47. The number of aryl methyl sites for hydroxylation is 1. The van der Waals surface area contributed by atoms with Crippen molar-refractivity contribution < 1.29 is 14.3 Å². The molecule has 0 bridgehead atoms. The number of aromatic nitrogens is 3. The first kappa shape index (κ1) is 15.1. The van der Waals surface area contributed by atoms with Crippen LogP contribution >= 0.6 is 0 Å². The van der Waals surface area contributed by atoms with E-state index in [-0.39, 0.29) is 12.3 Å². The second-order valence-electron chi connectivity index (χ2n) is 4.53. The van der Waals surface area contributed by atoms with Crippen molar-refractivity contribution in [1.29, 1.82) is 0 Å². The molecule has 1 aromatic rings. The third kappa shape index (κ3) is 4.35. The Labute approximate surface area is 112 Å². The predicted octanol–water partition coefficient (Wildman–Crippen LogP) is 0.516. The molecule has 106 valence electrons. The molecule has 0 saturated heterocycles. The number of hydrogen-bond donors (Lipinski definition) is 1. The fraction of sp³-hybridized carbons (Fsp3) is 0.667. The second kappa shape index (κ2) is 6.86. The lowest BCUT2D eigenvalue weighted by atomic mass is 9.96. The molecule has 0 aromatic carbocycles. The maximum Gasteiger partial charge on any atom is 0.331 e. The van der Waals surface area contributed by atoms with E-state index in [1.54, 1.807) is 17.9 Å². The number of carbonyl (C=O) groups is 2. The van der Waals surface area contributed by atoms with Crippen LogP contribution in [0.25, 0.3) is 0 Å². The van der Waals surface area contributed by atoms with Crippen LogP contribution in [-0.2, 0) is 20.9 Å². The Bertz CT molecular complexity index is 419. The number of ether oxygens (including phenoxy) is 1. The van der Waals surface area contributed by atoms with Crippen LogP contribution in [0.15, 0.2) is 12.7 Å². The lowest BCUT2D eigenvalue weighted by molar-refractivity contribution is -0.150. The van der Waals surface area contributed by atoms with Gasteiger partial charge >= 0.3 is 5.97 Å². The number of methoxy groups -OCH3 is 1. The number of hydrogen-bond acceptors (Lipinski definition) is 5. The molecule has 0 aliphatic rings. The van der Waals surface area contributed by atoms with Gasteiger partial charge in [-0.05, 0) is 13.3 Å². The van der Waals surface area contributed by atoms with E-state index in [4.69, 9.17) is 4.74 Å². The Balaban J connectivity index is 2.53. The molecule has 1 rings (SSSR count). The van der Waals surface area contributed by atoms with Gasteiger partial charge in [-0.3, -0.25) is 9.48 Å². The molecule has 1 unspecified atom stereocenters. The molecule has 0 aliphatic carbocycles. The van der Waals surface area contributed by atoms with Crippen LogP contribution in [-0.4, -0.2) is 39.3 Å². The molecule has 1 amide bonds. The fourth-order valence-electron chi connectivity index (χ4n) is 1.88. The zero-order valence-electron chi connectivity index (χ0n) is 11.5. The highest BCUT2D eigenvalue weighted by atomic mass is 16.5. The Morgan fingerprint density at radius 2 is 2.21 bits per heavy atom. The summed E-state index contributed by atoms with van der Waals surface area (Å²) < 4.78 is 6.30. The highest BCUT2D eigenvalue weighted by molar-refractivity contribution is 5.87. The number of carbonyl (C=O) groups excluding carboxylic acids is 2. The standard InChI is InChI=1S/C12H20N4O3/c1-4-6-12(2,11(18)19-3)15-10(17)5-7-16-9-13-8-14-16/h8-9H,4-7H2,1-3H3,(H,15,17). The maximum atomic E-state index is 11.9. The quantitative estimate of drug-likeness (QED) is 0.728. The van der Waals surface area contributed by atoms with E-state index in [1.807, 2.05) is 6.92 Å². The summed E-state index contributed by atoms with van der Waals surface area (Å²) in [6.45, 7) is 4.05. The lowest BCUT2D eigenvalue weighted by Crippen LogP contribution is -2.52. The van der Waals surface area contributed by atoms with Crippen LogP contribution < -0.4 is 5.32 Å². The van der Waals surface area contributed by atoms with Crippen LogP contribution in [0.5, 0.6) is 0 Å². The van der Waals surface area contributed by atoms with Gasteiger partial charge in [0.1, 0.15) is 18.2 Å². The van der Waals surface area contributed by atoms with Crippen LogP contribution in [0.4, 0.5) is 0 Å². The highest BCUT2D eigenvalue weighted by Crippen LogP contribution is 2.14. The van der Waals surface area contributed by atoms with Crippen molar-refractivity contribution in [2.75, 3.05) is 7.11 Å². The molecule has 0 saturated carbocycles. The first-order valence-electron chi connectivity index (χ1n) is 6.23. The Morgan fingerprint density at radius 3 is 2.74 bits per heavy atom. The van der Waals surface area contributed by atoms with Crippen molar-refractivity contribution >= 4 is 11.9 Å². The van der Waals surface area contributed by atoms with Crippen molar-refractivity contribution in [3.05, 3.63) is 12.7 Å². The SMILES string of the molecule is CCCC(C)(NC(=O)CCn1cncn1)C(=O)OC. The number of rotatable bonds is 7. The molecular formula is C12H20N4O3. The molecule has 1 N–H and O–H groups in total. The minimum atomic E-state index is -0.969. The summed E-state index contributed by atoms with van der Waals surface area (Å²) in [5.74, 6) is -0.639. The molecule has 1 atom stereocenters. The van der Waals surface area contributed by atoms with Gasteiger partial charge in [-0.15, -0.1) is 0 Å². The summed E-state index contributed by atoms with van der Waals surface area (Å²) in [6, 6.07) is 0.